The highest BCUT2D eigenvalue weighted by atomic mass is 15.3. The van der Waals surface area contributed by atoms with Crippen molar-refractivity contribution in [2.75, 3.05) is 27.2 Å². The standard InChI is InChI=1S/C22H28N4/c1-15-9-7-10-16(2)19(15)23-21-22(26(6)14-13-25(21)5)24-20-17(3)11-8-12-18(20)4/h7-12H,13-14H2,1-6H3/b23-21-,24-22+. The van der Waals surface area contributed by atoms with Crippen molar-refractivity contribution in [3.63, 3.8) is 0 Å². The lowest BCUT2D eigenvalue weighted by Crippen LogP contribution is -2.51. The van der Waals surface area contributed by atoms with Crippen molar-refractivity contribution >= 4 is 23.0 Å². The average Bonchev–Trinajstić information content (AvgIpc) is 2.59. The number of aliphatic imine (C=N–C) groups is 2. The number of piperazine rings is 1. The quantitative estimate of drug-likeness (QED) is 0.797. The third-order valence-corrected chi connectivity index (χ3v) is 5.01. The summed E-state index contributed by atoms with van der Waals surface area (Å²) < 4.78 is 0. The molecule has 0 radical (unpaired) electrons. The van der Waals surface area contributed by atoms with E-state index in [1.165, 1.54) is 22.3 Å². The number of hydrogen-bond acceptors (Lipinski definition) is 2. The van der Waals surface area contributed by atoms with E-state index in [9.17, 15) is 0 Å². The van der Waals surface area contributed by atoms with Gasteiger partial charge in [0.1, 0.15) is 0 Å². The summed E-state index contributed by atoms with van der Waals surface area (Å²) >= 11 is 0. The van der Waals surface area contributed by atoms with E-state index in [-0.39, 0.29) is 0 Å². The first kappa shape index (κ1) is 18.2. The first-order valence-corrected chi connectivity index (χ1v) is 9.11. The molecule has 0 saturated carbocycles. The lowest BCUT2D eigenvalue weighted by molar-refractivity contribution is 0.386. The van der Waals surface area contributed by atoms with Crippen LogP contribution in [-0.2, 0) is 0 Å². The van der Waals surface area contributed by atoms with Crippen LogP contribution in [0.2, 0.25) is 0 Å². The molecule has 0 atom stereocenters. The highest BCUT2D eigenvalue weighted by Gasteiger charge is 2.25. The minimum Gasteiger partial charge on any atom is -0.355 e. The lowest BCUT2D eigenvalue weighted by Gasteiger charge is -2.35. The number of benzene rings is 2. The molecule has 1 saturated heterocycles. The average molecular weight is 348 g/mol. The van der Waals surface area contributed by atoms with Gasteiger partial charge in [0.25, 0.3) is 0 Å². The molecule has 2 aromatic rings. The maximum absolute atomic E-state index is 5.06. The molecular formula is C22H28N4. The van der Waals surface area contributed by atoms with Gasteiger partial charge >= 0.3 is 0 Å². The molecule has 0 spiro atoms. The molecule has 0 amide bonds. The van der Waals surface area contributed by atoms with Crippen molar-refractivity contribution in [1.29, 1.82) is 0 Å². The summed E-state index contributed by atoms with van der Waals surface area (Å²) in [5.74, 6) is 1.86. The smallest absolute Gasteiger partial charge is 0.172 e. The molecule has 0 bridgehead atoms. The molecule has 1 fully saturated rings. The molecule has 3 rings (SSSR count). The molecule has 1 aliphatic rings. The van der Waals surface area contributed by atoms with E-state index in [0.717, 1.165) is 36.1 Å². The van der Waals surface area contributed by atoms with Crippen molar-refractivity contribution in [3.8, 4) is 0 Å². The zero-order valence-corrected chi connectivity index (χ0v) is 16.7. The molecule has 4 heteroatoms. The van der Waals surface area contributed by atoms with Crippen LogP contribution in [0.1, 0.15) is 22.3 Å². The van der Waals surface area contributed by atoms with Crippen LogP contribution in [0.25, 0.3) is 0 Å². The van der Waals surface area contributed by atoms with Gasteiger partial charge in [-0.3, -0.25) is 0 Å². The SMILES string of the molecule is Cc1cccc(C)c1/N=C1/C(=N\c2c(C)cccc2C)N(C)CCN1C. The van der Waals surface area contributed by atoms with Gasteiger partial charge in [-0.2, -0.15) is 0 Å². The van der Waals surface area contributed by atoms with E-state index in [2.05, 4.69) is 88.0 Å². The van der Waals surface area contributed by atoms with Gasteiger partial charge in [-0.25, -0.2) is 9.98 Å². The van der Waals surface area contributed by atoms with Crippen molar-refractivity contribution in [2.45, 2.75) is 27.7 Å². The first-order chi connectivity index (χ1) is 12.4. The fourth-order valence-electron chi connectivity index (χ4n) is 3.30. The molecule has 26 heavy (non-hydrogen) atoms. The van der Waals surface area contributed by atoms with Gasteiger partial charge in [0.2, 0.25) is 0 Å². The van der Waals surface area contributed by atoms with E-state index in [4.69, 9.17) is 9.98 Å². The number of nitrogens with zero attached hydrogens (tertiary/aromatic N) is 4. The zero-order chi connectivity index (χ0) is 18.8. The maximum Gasteiger partial charge on any atom is 0.172 e. The monoisotopic (exact) mass is 348 g/mol. The van der Waals surface area contributed by atoms with Crippen molar-refractivity contribution in [2.24, 2.45) is 9.98 Å². The minimum atomic E-state index is 0.929. The van der Waals surface area contributed by atoms with Crippen LogP contribution in [0.4, 0.5) is 11.4 Å². The molecule has 1 aliphatic heterocycles. The van der Waals surface area contributed by atoms with E-state index in [1.807, 2.05) is 0 Å². The minimum absolute atomic E-state index is 0.929. The lowest BCUT2D eigenvalue weighted by atomic mass is 10.1. The van der Waals surface area contributed by atoms with Crippen LogP contribution < -0.4 is 0 Å². The van der Waals surface area contributed by atoms with Gasteiger partial charge in [-0.05, 0) is 49.9 Å². The van der Waals surface area contributed by atoms with Gasteiger partial charge in [-0.1, -0.05) is 36.4 Å². The van der Waals surface area contributed by atoms with E-state index < -0.39 is 0 Å². The predicted molar refractivity (Wildman–Crippen MR) is 111 cm³/mol. The number of rotatable bonds is 2. The van der Waals surface area contributed by atoms with E-state index >= 15 is 0 Å². The van der Waals surface area contributed by atoms with Crippen LogP contribution in [0, 0.1) is 27.7 Å². The summed E-state index contributed by atoms with van der Waals surface area (Å²) in [6, 6.07) is 12.6. The Labute approximate surface area is 156 Å². The second-order valence-corrected chi connectivity index (χ2v) is 7.19. The highest BCUT2D eigenvalue weighted by Crippen LogP contribution is 2.27. The van der Waals surface area contributed by atoms with Gasteiger partial charge < -0.3 is 9.80 Å². The first-order valence-electron chi connectivity index (χ1n) is 9.11. The number of aryl methyl sites for hydroxylation is 4. The fourth-order valence-corrected chi connectivity index (χ4v) is 3.30. The van der Waals surface area contributed by atoms with Crippen LogP contribution in [-0.4, -0.2) is 48.7 Å². The molecule has 0 N–H and O–H groups in total. The number of likely N-dealkylation sites (N-methyl/N-ethyl adjacent to an activating group) is 2. The number of hydrogen-bond donors (Lipinski definition) is 0. The molecule has 0 aromatic heterocycles. The Balaban J connectivity index is 2.17. The van der Waals surface area contributed by atoms with E-state index in [0.29, 0.717) is 0 Å². The highest BCUT2D eigenvalue weighted by molar-refractivity contribution is 6.41. The number of amidine groups is 2. The van der Waals surface area contributed by atoms with Gasteiger partial charge in [-0.15, -0.1) is 0 Å². The summed E-state index contributed by atoms with van der Waals surface area (Å²) in [6.07, 6.45) is 0. The Morgan fingerprint density at radius 3 is 1.23 bits per heavy atom. The second-order valence-electron chi connectivity index (χ2n) is 7.19. The molecule has 1 heterocycles. The normalized spacial score (nSPS) is 18.1. The van der Waals surface area contributed by atoms with Crippen molar-refractivity contribution < 1.29 is 0 Å². The fraction of sp³-hybridized carbons (Fsp3) is 0.364. The Morgan fingerprint density at radius 2 is 0.923 bits per heavy atom. The van der Waals surface area contributed by atoms with Gasteiger partial charge in [0.15, 0.2) is 11.7 Å². The maximum atomic E-state index is 5.06. The third kappa shape index (κ3) is 3.50. The molecule has 136 valence electrons. The zero-order valence-electron chi connectivity index (χ0n) is 16.7. The van der Waals surface area contributed by atoms with Gasteiger partial charge in [0, 0.05) is 27.2 Å². The summed E-state index contributed by atoms with van der Waals surface area (Å²) in [7, 11) is 4.19. The third-order valence-electron chi connectivity index (χ3n) is 5.01. The summed E-state index contributed by atoms with van der Waals surface area (Å²) in [5, 5.41) is 0. The number of para-hydroxylation sites is 2. The Hall–Kier alpha value is -2.62. The summed E-state index contributed by atoms with van der Waals surface area (Å²) in [6.45, 7) is 10.3. The Morgan fingerprint density at radius 1 is 0.615 bits per heavy atom. The molecule has 4 nitrogen and oxygen atoms in total. The van der Waals surface area contributed by atoms with Gasteiger partial charge in [0.05, 0.1) is 11.4 Å². The topological polar surface area (TPSA) is 31.2 Å². The predicted octanol–water partition coefficient (Wildman–Crippen LogP) is 4.56. The van der Waals surface area contributed by atoms with Crippen LogP contribution in [0.3, 0.4) is 0 Å². The van der Waals surface area contributed by atoms with Crippen LogP contribution >= 0.6 is 0 Å². The Kier molecular flexibility index (Phi) is 5.12. The summed E-state index contributed by atoms with van der Waals surface area (Å²) in [5.41, 5.74) is 6.82. The molecular weight excluding hydrogens is 320 g/mol. The molecule has 0 unspecified atom stereocenters. The van der Waals surface area contributed by atoms with Crippen molar-refractivity contribution in [3.05, 3.63) is 58.7 Å². The second kappa shape index (κ2) is 7.32. The van der Waals surface area contributed by atoms with Crippen LogP contribution in [0.5, 0.6) is 0 Å². The van der Waals surface area contributed by atoms with E-state index in [1.54, 1.807) is 0 Å². The summed E-state index contributed by atoms with van der Waals surface area (Å²) in [4.78, 5) is 14.5. The Bertz CT molecular complexity index is 766. The molecule has 2 aromatic carbocycles. The largest absolute Gasteiger partial charge is 0.355 e. The molecule has 0 aliphatic carbocycles. The van der Waals surface area contributed by atoms with Crippen molar-refractivity contribution in [1.82, 2.24) is 9.80 Å². The van der Waals surface area contributed by atoms with Crippen LogP contribution in [0.15, 0.2) is 46.4 Å².